The number of rotatable bonds is 3. The van der Waals surface area contributed by atoms with E-state index in [0.717, 1.165) is 5.92 Å². The van der Waals surface area contributed by atoms with E-state index in [2.05, 4.69) is 47.4 Å². The van der Waals surface area contributed by atoms with Gasteiger partial charge in [0.15, 0.2) is 0 Å². The van der Waals surface area contributed by atoms with Crippen molar-refractivity contribution in [3.63, 3.8) is 0 Å². The Labute approximate surface area is 126 Å². The van der Waals surface area contributed by atoms with E-state index in [9.17, 15) is 0 Å². The van der Waals surface area contributed by atoms with Gasteiger partial charge in [-0.3, -0.25) is 0 Å². The Kier molecular flexibility index (Phi) is 3.63. The molecule has 1 unspecified atom stereocenters. The maximum absolute atomic E-state index is 2.59. The summed E-state index contributed by atoms with van der Waals surface area (Å²) in [6, 6.07) is 5.09. The normalized spacial score (nSPS) is 23.8. The molecule has 2 aliphatic rings. The molecule has 0 bridgehead atoms. The van der Waals surface area contributed by atoms with E-state index in [-0.39, 0.29) is 0 Å². The van der Waals surface area contributed by atoms with Crippen molar-refractivity contribution in [1.29, 1.82) is 0 Å². The zero-order chi connectivity index (χ0) is 13.6. The van der Waals surface area contributed by atoms with Crippen LogP contribution in [0.15, 0.2) is 18.2 Å². The summed E-state index contributed by atoms with van der Waals surface area (Å²) in [7, 11) is 0. The third kappa shape index (κ3) is 2.23. The SMILES string of the molecule is CC(C)C[C]1([Zr]([CH3])[CH3])C=Cc2cc3c(cc21)CCC3. The maximum atomic E-state index is 2.59. The summed E-state index contributed by atoms with van der Waals surface area (Å²) in [6.07, 6.45) is 10.4. The number of allylic oxidation sites excluding steroid dienone is 1. The van der Waals surface area contributed by atoms with Crippen LogP contribution in [0.25, 0.3) is 6.08 Å². The Bertz CT molecular complexity index is 525. The van der Waals surface area contributed by atoms with Crippen LogP contribution in [0.1, 0.15) is 48.9 Å². The molecule has 3 rings (SSSR count). The molecule has 0 spiro atoms. The van der Waals surface area contributed by atoms with E-state index in [0.29, 0.717) is 3.12 Å². The third-order valence-corrected chi connectivity index (χ3v) is 10.9. The van der Waals surface area contributed by atoms with Gasteiger partial charge in [-0.2, -0.15) is 0 Å². The van der Waals surface area contributed by atoms with Crippen LogP contribution < -0.4 is 0 Å². The predicted octanol–water partition coefficient (Wildman–Crippen LogP) is 5.16. The first-order valence-electron chi connectivity index (χ1n) is 7.69. The quantitative estimate of drug-likeness (QED) is 0.717. The first kappa shape index (κ1) is 13.8. The molecular formula is C18H25Zr. The van der Waals surface area contributed by atoms with Crippen LogP contribution in [0, 0.1) is 5.92 Å². The fourth-order valence-electron chi connectivity index (χ4n) is 3.95. The zero-order valence-electron chi connectivity index (χ0n) is 12.7. The summed E-state index contributed by atoms with van der Waals surface area (Å²) in [6.45, 7) is 4.76. The molecule has 0 radical (unpaired) electrons. The number of benzene rings is 1. The van der Waals surface area contributed by atoms with Crippen LogP contribution in [0.3, 0.4) is 0 Å². The average molecular weight is 333 g/mol. The second kappa shape index (κ2) is 4.99. The molecule has 0 aliphatic heterocycles. The topological polar surface area (TPSA) is 0 Å². The second-order valence-corrected chi connectivity index (χ2v) is 14.1. The molecule has 0 saturated carbocycles. The summed E-state index contributed by atoms with van der Waals surface area (Å²) in [5, 5.41) is 0. The van der Waals surface area contributed by atoms with Crippen molar-refractivity contribution in [3.8, 4) is 0 Å². The number of fused-ring (bicyclic) bond motifs is 2. The van der Waals surface area contributed by atoms with Crippen LogP contribution in [0.4, 0.5) is 0 Å². The first-order chi connectivity index (χ1) is 9.03. The molecule has 1 atom stereocenters. The third-order valence-electron chi connectivity index (χ3n) is 4.91. The van der Waals surface area contributed by atoms with Crippen molar-refractivity contribution in [2.75, 3.05) is 0 Å². The summed E-state index contributed by atoms with van der Waals surface area (Å²) in [5.74, 6) is 0.791. The predicted molar refractivity (Wildman–Crippen MR) is 80.4 cm³/mol. The average Bonchev–Trinajstić information content (AvgIpc) is 2.91. The molecule has 19 heavy (non-hydrogen) atoms. The van der Waals surface area contributed by atoms with Crippen molar-refractivity contribution in [2.24, 2.45) is 5.92 Å². The summed E-state index contributed by atoms with van der Waals surface area (Å²) in [4.78, 5) is 0. The van der Waals surface area contributed by atoms with Crippen molar-refractivity contribution in [3.05, 3.63) is 40.5 Å². The van der Waals surface area contributed by atoms with Gasteiger partial charge in [-0.05, 0) is 0 Å². The molecule has 0 N–H and O–H groups in total. The summed E-state index contributed by atoms with van der Waals surface area (Å²) < 4.78 is 5.64. The molecule has 0 fully saturated rings. The molecule has 101 valence electrons. The standard InChI is InChI=1S/C16H19.2CH3.Zr/c1-11(2)8-14-6-7-15-9-12-4-3-5-13(12)10-16(14)15;;;/h6-7,9-11H,3-5,8H2,1-2H3;2*1H3;. The first-order valence-corrected chi connectivity index (χ1v) is 13.8. The van der Waals surface area contributed by atoms with Gasteiger partial charge < -0.3 is 0 Å². The molecule has 1 heteroatoms. The van der Waals surface area contributed by atoms with Gasteiger partial charge in [0.05, 0.1) is 0 Å². The Morgan fingerprint density at radius 3 is 2.47 bits per heavy atom. The molecule has 2 aliphatic carbocycles. The Morgan fingerprint density at radius 1 is 1.16 bits per heavy atom. The molecule has 0 nitrogen and oxygen atoms in total. The van der Waals surface area contributed by atoms with E-state index in [1.165, 1.54) is 25.7 Å². The molecule has 0 saturated heterocycles. The van der Waals surface area contributed by atoms with Crippen molar-refractivity contribution in [2.45, 2.75) is 51.9 Å². The van der Waals surface area contributed by atoms with Crippen LogP contribution in [-0.2, 0) is 37.7 Å². The summed E-state index contributed by atoms with van der Waals surface area (Å²) >= 11 is -1.36. The monoisotopic (exact) mass is 331 g/mol. The van der Waals surface area contributed by atoms with Crippen molar-refractivity contribution >= 4 is 6.08 Å². The summed E-state index contributed by atoms with van der Waals surface area (Å²) in [5.41, 5.74) is 6.52. The minimum absolute atomic E-state index is 0.476. The van der Waals surface area contributed by atoms with E-state index in [1.54, 1.807) is 22.3 Å². The van der Waals surface area contributed by atoms with Crippen molar-refractivity contribution in [1.82, 2.24) is 0 Å². The van der Waals surface area contributed by atoms with Crippen LogP contribution in [0.2, 0.25) is 9.26 Å². The van der Waals surface area contributed by atoms with Gasteiger partial charge in [-0.15, -0.1) is 0 Å². The zero-order valence-corrected chi connectivity index (χ0v) is 15.2. The Balaban J connectivity index is 2.10. The van der Waals surface area contributed by atoms with E-state index >= 15 is 0 Å². The Morgan fingerprint density at radius 2 is 1.84 bits per heavy atom. The van der Waals surface area contributed by atoms with Crippen LogP contribution in [-0.4, -0.2) is 0 Å². The molecule has 1 aromatic carbocycles. The fraction of sp³-hybridized carbons (Fsp3) is 0.556. The second-order valence-electron chi connectivity index (χ2n) is 6.96. The van der Waals surface area contributed by atoms with Gasteiger partial charge in [0.2, 0.25) is 0 Å². The Hall–Kier alpha value is -0.157. The molecule has 0 aromatic heterocycles. The van der Waals surface area contributed by atoms with E-state index in [4.69, 9.17) is 0 Å². The number of aryl methyl sites for hydroxylation is 2. The molecule has 0 heterocycles. The van der Waals surface area contributed by atoms with E-state index in [1.807, 2.05) is 0 Å². The number of hydrogen-bond acceptors (Lipinski definition) is 0. The van der Waals surface area contributed by atoms with Crippen LogP contribution >= 0.6 is 0 Å². The molecule has 0 amide bonds. The van der Waals surface area contributed by atoms with Crippen molar-refractivity contribution < 1.29 is 21.8 Å². The number of hydrogen-bond donors (Lipinski definition) is 0. The molecular weight excluding hydrogens is 307 g/mol. The van der Waals surface area contributed by atoms with Gasteiger partial charge in [-0.1, -0.05) is 0 Å². The van der Waals surface area contributed by atoms with Gasteiger partial charge in [0.1, 0.15) is 0 Å². The van der Waals surface area contributed by atoms with Gasteiger partial charge >= 0.3 is 126 Å². The van der Waals surface area contributed by atoms with Gasteiger partial charge in [-0.25, -0.2) is 0 Å². The van der Waals surface area contributed by atoms with Gasteiger partial charge in [0.25, 0.3) is 0 Å². The molecule has 1 aromatic rings. The van der Waals surface area contributed by atoms with E-state index < -0.39 is 21.8 Å². The fourth-order valence-corrected chi connectivity index (χ4v) is 8.84. The van der Waals surface area contributed by atoms with Gasteiger partial charge in [0, 0.05) is 0 Å². The minimum atomic E-state index is -1.36. The van der Waals surface area contributed by atoms with Crippen LogP contribution in [0.5, 0.6) is 0 Å².